The average molecular weight is 406 g/mol. The number of nitrogens with zero attached hydrogens (tertiary/aromatic N) is 5. The number of nitrogen functional groups attached to an aromatic ring is 1. The summed E-state index contributed by atoms with van der Waals surface area (Å²) in [7, 11) is 2.10. The number of rotatable bonds is 4. The maximum Gasteiger partial charge on any atom is 0.151 e. The van der Waals surface area contributed by atoms with E-state index < -0.39 is 0 Å². The Morgan fingerprint density at radius 3 is 2.50 bits per heavy atom. The number of piperidine rings is 1. The lowest BCUT2D eigenvalue weighted by molar-refractivity contribution is 0.353. The molecule has 2 fully saturated rings. The minimum atomic E-state index is 0.131. The highest BCUT2D eigenvalue weighted by Gasteiger charge is 2.35. The van der Waals surface area contributed by atoms with Crippen molar-refractivity contribution in [3.8, 4) is 22.7 Å². The van der Waals surface area contributed by atoms with Gasteiger partial charge in [-0.15, -0.1) is 10.2 Å². The van der Waals surface area contributed by atoms with Crippen molar-refractivity contribution in [2.75, 3.05) is 17.7 Å². The van der Waals surface area contributed by atoms with E-state index in [1.807, 2.05) is 31.2 Å². The molecule has 8 nitrogen and oxygen atoms in total. The Kier molecular flexibility index (Phi) is 4.58. The Bertz CT molecular complexity index is 1050. The minimum absolute atomic E-state index is 0.131. The van der Waals surface area contributed by atoms with Gasteiger partial charge in [0.15, 0.2) is 5.82 Å². The molecule has 0 saturated carbocycles. The molecule has 156 valence electrons. The summed E-state index contributed by atoms with van der Waals surface area (Å²) < 4.78 is 1.70. The Labute approximate surface area is 175 Å². The van der Waals surface area contributed by atoms with E-state index in [-0.39, 0.29) is 5.75 Å². The van der Waals surface area contributed by atoms with E-state index in [0.717, 1.165) is 30.0 Å². The van der Waals surface area contributed by atoms with Gasteiger partial charge in [0.25, 0.3) is 0 Å². The maximum atomic E-state index is 10.6. The predicted molar refractivity (Wildman–Crippen MR) is 117 cm³/mol. The van der Waals surface area contributed by atoms with Crippen LogP contribution >= 0.6 is 0 Å². The smallest absolute Gasteiger partial charge is 0.151 e. The first kappa shape index (κ1) is 18.9. The third kappa shape index (κ3) is 3.27. The SMILES string of the molecule is Cc1c(N)cnn1-c1ccc(-c2ccc(N(C)[C@@H]3C[C@H]4CC[C@@H](C3)N4)nn2)c(O)c1. The molecule has 0 amide bonds. The van der Waals surface area contributed by atoms with Crippen molar-refractivity contribution in [1.82, 2.24) is 25.3 Å². The molecule has 4 heterocycles. The highest BCUT2D eigenvalue weighted by molar-refractivity contribution is 5.69. The Morgan fingerprint density at radius 1 is 1.13 bits per heavy atom. The number of phenolic OH excluding ortho intramolecular Hbond substituents is 1. The van der Waals surface area contributed by atoms with Crippen molar-refractivity contribution >= 4 is 11.5 Å². The van der Waals surface area contributed by atoms with E-state index in [4.69, 9.17) is 5.73 Å². The van der Waals surface area contributed by atoms with E-state index in [2.05, 4.69) is 32.6 Å². The fraction of sp³-hybridized carbons (Fsp3) is 0.409. The second-order valence-electron chi connectivity index (χ2n) is 8.45. The van der Waals surface area contributed by atoms with Gasteiger partial charge in [-0.2, -0.15) is 5.10 Å². The number of hydrogen-bond donors (Lipinski definition) is 3. The summed E-state index contributed by atoms with van der Waals surface area (Å²) in [5, 5.41) is 27.4. The lowest BCUT2D eigenvalue weighted by atomic mass is 9.98. The largest absolute Gasteiger partial charge is 0.507 e. The number of fused-ring (bicyclic) bond motifs is 2. The van der Waals surface area contributed by atoms with Gasteiger partial charge >= 0.3 is 0 Å². The number of anilines is 2. The number of aromatic nitrogens is 4. The fourth-order valence-corrected chi connectivity index (χ4v) is 4.74. The third-order valence-electron chi connectivity index (χ3n) is 6.56. The van der Waals surface area contributed by atoms with Crippen molar-refractivity contribution in [3.63, 3.8) is 0 Å². The Morgan fingerprint density at radius 2 is 1.90 bits per heavy atom. The molecule has 0 radical (unpaired) electrons. The molecular weight excluding hydrogens is 378 g/mol. The molecule has 2 aromatic heterocycles. The van der Waals surface area contributed by atoms with Crippen LogP contribution in [0.3, 0.4) is 0 Å². The number of hydrogen-bond acceptors (Lipinski definition) is 7. The summed E-state index contributed by atoms with van der Waals surface area (Å²) in [5.74, 6) is 0.995. The summed E-state index contributed by atoms with van der Waals surface area (Å²) >= 11 is 0. The first-order chi connectivity index (χ1) is 14.5. The average Bonchev–Trinajstić information content (AvgIpc) is 3.28. The maximum absolute atomic E-state index is 10.6. The second-order valence-corrected chi connectivity index (χ2v) is 8.45. The lowest BCUT2D eigenvalue weighted by Gasteiger charge is -2.36. The summed E-state index contributed by atoms with van der Waals surface area (Å²) in [6.07, 6.45) is 6.46. The van der Waals surface area contributed by atoms with E-state index >= 15 is 0 Å². The summed E-state index contributed by atoms with van der Waals surface area (Å²) in [6.45, 7) is 1.89. The van der Waals surface area contributed by atoms with Crippen LogP contribution in [0.1, 0.15) is 31.4 Å². The normalized spacial score (nSPS) is 22.9. The zero-order valence-corrected chi connectivity index (χ0v) is 17.3. The van der Waals surface area contributed by atoms with Crippen LogP contribution in [-0.2, 0) is 0 Å². The van der Waals surface area contributed by atoms with Gasteiger partial charge in [0.1, 0.15) is 5.75 Å². The molecule has 2 aliphatic rings. The summed E-state index contributed by atoms with van der Waals surface area (Å²) in [6, 6.07) is 11.0. The zero-order chi connectivity index (χ0) is 20.8. The van der Waals surface area contributed by atoms with Crippen LogP contribution in [0.4, 0.5) is 11.5 Å². The molecule has 8 heteroatoms. The highest BCUT2D eigenvalue weighted by Crippen LogP contribution is 2.33. The number of nitrogens with two attached hydrogens (primary N) is 1. The molecule has 0 unspecified atom stereocenters. The van der Waals surface area contributed by atoms with Gasteiger partial charge in [0.2, 0.25) is 0 Å². The summed E-state index contributed by atoms with van der Waals surface area (Å²) in [4.78, 5) is 2.25. The number of nitrogens with one attached hydrogen (secondary N) is 1. The molecule has 2 bridgehead atoms. The molecule has 1 aromatic carbocycles. The van der Waals surface area contributed by atoms with E-state index in [9.17, 15) is 5.11 Å². The lowest BCUT2D eigenvalue weighted by Crippen LogP contribution is -2.47. The fourth-order valence-electron chi connectivity index (χ4n) is 4.74. The van der Waals surface area contributed by atoms with Crippen LogP contribution in [0.25, 0.3) is 16.9 Å². The highest BCUT2D eigenvalue weighted by atomic mass is 16.3. The number of phenols is 1. The van der Waals surface area contributed by atoms with Crippen LogP contribution in [-0.4, -0.2) is 50.3 Å². The molecule has 30 heavy (non-hydrogen) atoms. The van der Waals surface area contributed by atoms with E-state index in [1.165, 1.54) is 12.8 Å². The van der Waals surface area contributed by atoms with Gasteiger partial charge in [-0.25, -0.2) is 4.68 Å². The molecule has 3 aromatic rings. The van der Waals surface area contributed by atoms with E-state index in [0.29, 0.717) is 35.1 Å². The number of aromatic hydroxyl groups is 1. The number of benzene rings is 1. The quantitative estimate of drug-likeness (QED) is 0.613. The van der Waals surface area contributed by atoms with Gasteiger partial charge in [-0.05, 0) is 56.9 Å². The summed E-state index contributed by atoms with van der Waals surface area (Å²) in [5.41, 5.74) is 9.35. The minimum Gasteiger partial charge on any atom is -0.507 e. The topological polar surface area (TPSA) is 105 Å². The molecule has 0 spiro atoms. The van der Waals surface area contributed by atoms with Crippen LogP contribution in [0.2, 0.25) is 0 Å². The first-order valence-electron chi connectivity index (χ1n) is 10.5. The predicted octanol–water partition coefficient (Wildman–Crippen LogP) is 2.64. The molecule has 0 aliphatic carbocycles. The van der Waals surface area contributed by atoms with Crippen molar-refractivity contribution in [3.05, 3.63) is 42.2 Å². The molecule has 2 saturated heterocycles. The monoisotopic (exact) mass is 405 g/mol. The molecular formula is C22H27N7O. The van der Waals surface area contributed by atoms with Crippen LogP contribution in [0.5, 0.6) is 5.75 Å². The van der Waals surface area contributed by atoms with Crippen molar-refractivity contribution in [2.45, 2.75) is 50.7 Å². The second kappa shape index (κ2) is 7.28. The zero-order valence-electron chi connectivity index (χ0n) is 17.3. The van der Waals surface area contributed by atoms with Gasteiger partial charge in [-0.3, -0.25) is 0 Å². The molecule has 2 aliphatic heterocycles. The Hall–Kier alpha value is -3.13. The van der Waals surface area contributed by atoms with Crippen molar-refractivity contribution in [2.24, 2.45) is 0 Å². The first-order valence-corrected chi connectivity index (χ1v) is 10.5. The van der Waals surface area contributed by atoms with Gasteiger partial charge in [0, 0.05) is 36.8 Å². The van der Waals surface area contributed by atoms with Crippen LogP contribution < -0.4 is 16.0 Å². The van der Waals surface area contributed by atoms with Gasteiger partial charge < -0.3 is 21.1 Å². The third-order valence-corrected chi connectivity index (χ3v) is 6.56. The van der Waals surface area contributed by atoms with Crippen LogP contribution in [0, 0.1) is 6.92 Å². The molecule has 3 atom stereocenters. The Balaban J connectivity index is 1.36. The van der Waals surface area contributed by atoms with Gasteiger partial charge in [0.05, 0.1) is 29.0 Å². The van der Waals surface area contributed by atoms with Crippen molar-refractivity contribution in [1.29, 1.82) is 0 Å². The standard InChI is InChI=1S/C22H27N7O/c1-13-19(23)12-24-29(13)16-5-6-18(21(30)11-16)20-7-8-22(27-26-20)28(2)17-9-14-3-4-15(10-17)25-14/h5-8,11-12,14-15,17,25,30H,3-4,9-10,23H2,1-2H3/t14-,15+,17-. The van der Waals surface area contributed by atoms with Crippen molar-refractivity contribution < 1.29 is 5.11 Å². The molecule has 5 rings (SSSR count). The van der Waals surface area contributed by atoms with Gasteiger partial charge in [-0.1, -0.05) is 0 Å². The van der Waals surface area contributed by atoms with Crippen LogP contribution in [0.15, 0.2) is 36.5 Å². The molecule has 4 N–H and O–H groups in total. The van der Waals surface area contributed by atoms with E-state index in [1.54, 1.807) is 16.9 Å².